The van der Waals surface area contributed by atoms with Crippen LogP contribution in [0.2, 0.25) is 5.02 Å². The van der Waals surface area contributed by atoms with Gasteiger partial charge in [0, 0.05) is 36.8 Å². The lowest BCUT2D eigenvalue weighted by Gasteiger charge is -2.19. The molecule has 3 aromatic rings. The van der Waals surface area contributed by atoms with Crippen molar-refractivity contribution in [1.82, 2.24) is 19.7 Å². The monoisotopic (exact) mass is 318 g/mol. The van der Waals surface area contributed by atoms with E-state index in [0.29, 0.717) is 17.3 Å². The largest absolute Gasteiger partial charge is 0.339 e. The molecule has 2 aromatic heterocycles. The maximum Gasteiger partial charge on any atom is 0.230 e. The second-order valence-electron chi connectivity index (χ2n) is 5.31. The number of rotatable bonds is 2. The Bertz CT molecular complexity index is 829. The zero-order valence-corrected chi connectivity index (χ0v) is 12.3. The first kappa shape index (κ1) is 13.5. The molecule has 0 fully saturated rings. The van der Waals surface area contributed by atoms with Crippen molar-refractivity contribution >= 4 is 11.6 Å². The van der Waals surface area contributed by atoms with Gasteiger partial charge in [0.25, 0.3) is 0 Å². The van der Waals surface area contributed by atoms with Gasteiger partial charge in [-0.25, -0.2) is 9.37 Å². The van der Waals surface area contributed by atoms with Crippen LogP contribution in [0.3, 0.4) is 0 Å². The van der Waals surface area contributed by atoms with E-state index >= 15 is 0 Å². The Balaban J connectivity index is 1.62. The minimum Gasteiger partial charge on any atom is -0.339 e. The lowest BCUT2D eigenvalue weighted by Crippen LogP contribution is -2.18. The predicted molar refractivity (Wildman–Crippen MR) is 78.0 cm³/mol. The number of benzene rings is 1. The molecule has 0 N–H and O–H groups in total. The zero-order chi connectivity index (χ0) is 15.1. The standard InChI is InChI=1S/C15H12ClFN4O/c16-12-8-10(17)1-2-11(12)14-19-15(22-20-14)9-3-5-21-6-4-18-13(21)7-9/h1-2,4,6,8-9H,3,5,7H2/t9-/m0/s1. The van der Waals surface area contributed by atoms with Gasteiger partial charge in [0.15, 0.2) is 0 Å². The van der Waals surface area contributed by atoms with Gasteiger partial charge in [-0.1, -0.05) is 16.8 Å². The van der Waals surface area contributed by atoms with Crippen LogP contribution < -0.4 is 0 Å². The third kappa shape index (κ3) is 2.29. The van der Waals surface area contributed by atoms with Crippen LogP contribution in [-0.2, 0) is 13.0 Å². The number of aromatic nitrogens is 4. The molecule has 0 amide bonds. The lowest BCUT2D eigenvalue weighted by molar-refractivity contribution is 0.323. The van der Waals surface area contributed by atoms with E-state index in [1.54, 1.807) is 12.3 Å². The Morgan fingerprint density at radius 3 is 3.14 bits per heavy atom. The number of hydrogen-bond acceptors (Lipinski definition) is 4. The first-order valence-corrected chi connectivity index (χ1v) is 7.37. The molecule has 1 aliphatic rings. The molecule has 1 aliphatic heterocycles. The van der Waals surface area contributed by atoms with E-state index in [4.69, 9.17) is 16.1 Å². The third-order valence-corrected chi connectivity index (χ3v) is 4.22. The summed E-state index contributed by atoms with van der Waals surface area (Å²) in [7, 11) is 0. The van der Waals surface area contributed by atoms with Crippen LogP contribution in [0.15, 0.2) is 35.1 Å². The average molecular weight is 319 g/mol. The maximum atomic E-state index is 13.1. The zero-order valence-electron chi connectivity index (χ0n) is 11.5. The molecule has 112 valence electrons. The molecular weight excluding hydrogens is 307 g/mol. The molecule has 0 saturated carbocycles. The van der Waals surface area contributed by atoms with Crippen LogP contribution in [0.1, 0.15) is 24.1 Å². The normalized spacial score (nSPS) is 17.5. The summed E-state index contributed by atoms with van der Waals surface area (Å²) >= 11 is 6.04. The van der Waals surface area contributed by atoms with Crippen molar-refractivity contribution in [2.24, 2.45) is 0 Å². The van der Waals surface area contributed by atoms with E-state index in [2.05, 4.69) is 19.7 Å². The van der Waals surface area contributed by atoms with Crippen molar-refractivity contribution < 1.29 is 8.91 Å². The molecule has 4 rings (SSSR count). The van der Waals surface area contributed by atoms with Crippen molar-refractivity contribution in [2.75, 3.05) is 0 Å². The van der Waals surface area contributed by atoms with Gasteiger partial charge in [0.05, 0.1) is 5.02 Å². The summed E-state index contributed by atoms with van der Waals surface area (Å²) in [5.41, 5.74) is 0.565. The predicted octanol–water partition coefficient (Wildman–Crippen LogP) is 3.46. The topological polar surface area (TPSA) is 56.7 Å². The van der Waals surface area contributed by atoms with Gasteiger partial charge < -0.3 is 9.09 Å². The van der Waals surface area contributed by atoms with Gasteiger partial charge in [-0.15, -0.1) is 0 Å². The molecule has 0 spiro atoms. The molecular formula is C15H12ClFN4O. The van der Waals surface area contributed by atoms with Crippen molar-refractivity contribution in [1.29, 1.82) is 0 Å². The van der Waals surface area contributed by atoms with E-state index in [1.165, 1.54) is 12.1 Å². The highest BCUT2D eigenvalue weighted by Crippen LogP contribution is 2.31. The highest BCUT2D eigenvalue weighted by Gasteiger charge is 2.26. The molecule has 1 atom stereocenters. The van der Waals surface area contributed by atoms with Crippen LogP contribution >= 0.6 is 11.6 Å². The second-order valence-corrected chi connectivity index (χ2v) is 5.71. The highest BCUT2D eigenvalue weighted by molar-refractivity contribution is 6.33. The molecule has 0 unspecified atom stereocenters. The first-order chi connectivity index (χ1) is 10.7. The van der Waals surface area contributed by atoms with Crippen LogP contribution in [0.4, 0.5) is 4.39 Å². The Hall–Kier alpha value is -2.21. The molecule has 22 heavy (non-hydrogen) atoms. The number of fused-ring (bicyclic) bond motifs is 1. The van der Waals surface area contributed by atoms with E-state index in [1.807, 2.05) is 6.20 Å². The smallest absolute Gasteiger partial charge is 0.230 e. The summed E-state index contributed by atoms with van der Waals surface area (Å²) in [5, 5.41) is 4.25. The number of imidazole rings is 1. The second kappa shape index (κ2) is 5.21. The molecule has 0 radical (unpaired) electrons. The van der Waals surface area contributed by atoms with Crippen LogP contribution in [0, 0.1) is 5.82 Å². The van der Waals surface area contributed by atoms with E-state index in [9.17, 15) is 4.39 Å². The van der Waals surface area contributed by atoms with Gasteiger partial charge in [0.1, 0.15) is 11.6 Å². The van der Waals surface area contributed by atoms with Gasteiger partial charge in [-0.2, -0.15) is 4.98 Å². The maximum absolute atomic E-state index is 13.1. The average Bonchev–Trinajstić information content (AvgIpc) is 3.15. The van der Waals surface area contributed by atoms with Crippen LogP contribution in [0.25, 0.3) is 11.4 Å². The molecule has 0 aliphatic carbocycles. The van der Waals surface area contributed by atoms with Gasteiger partial charge in [-0.3, -0.25) is 0 Å². The SMILES string of the molecule is Fc1ccc(-c2noc([C@H]3CCn4ccnc4C3)n2)c(Cl)c1. The summed E-state index contributed by atoms with van der Waals surface area (Å²) in [4.78, 5) is 8.76. The molecule has 3 heterocycles. The fourth-order valence-corrected chi connectivity index (χ4v) is 2.99. The van der Waals surface area contributed by atoms with Crippen molar-refractivity contribution in [2.45, 2.75) is 25.3 Å². The number of halogens is 2. The number of aryl methyl sites for hydroxylation is 1. The Morgan fingerprint density at radius 2 is 2.27 bits per heavy atom. The van der Waals surface area contributed by atoms with E-state index < -0.39 is 5.82 Å². The Morgan fingerprint density at radius 1 is 1.36 bits per heavy atom. The fraction of sp³-hybridized carbons (Fsp3) is 0.267. The Labute approximate surface area is 130 Å². The summed E-state index contributed by atoms with van der Waals surface area (Å²) in [5.74, 6) is 1.74. The summed E-state index contributed by atoms with van der Waals surface area (Å²) in [6, 6.07) is 4.12. The molecule has 0 bridgehead atoms. The summed E-state index contributed by atoms with van der Waals surface area (Å²) in [6.45, 7) is 0.884. The molecule has 5 nitrogen and oxygen atoms in total. The molecule has 7 heteroatoms. The van der Waals surface area contributed by atoms with Gasteiger partial charge in [-0.05, 0) is 24.6 Å². The van der Waals surface area contributed by atoms with Gasteiger partial charge in [0.2, 0.25) is 11.7 Å². The fourth-order valence-electron chi connectivity index (χ4n) is 2.74. The van der Waals surface area contributed by atoms with E-state index in [-0.39, 0.29) is 10.9 Å². The van der Waals surface area contributed by atoms with Crippen molar-refractivity contribution in [3.8, 4) is 11.4 Å². The third-order valence-electron chi connectivity index (χ3n) is 3.91. The van der Waals surface area contributed by atoms with E-state index in [0.717, 1.165) is 25.2 Å². The number of nitrogens with zero attached hydrogens (tertiary/aromatic N) is 4. The highest BCUT2D eigenvalue weighted by atomic mass is 35.5. The minimum absolute atomic E-state index is 0.148. The first-order valence-electron chi connectivity index (χ1n) is 7.00. The molecule has 1 aromatic carbocycles. The van der Waals surface area contributed by atoms with Crippen LogP contribution in [-0.4, -0.2) is 19.7 Å². The Kier molecular flexibility index (Phi) is 3.18. The van der Waals surface area contributed by atoms with Crippen molar-refractivity contribution in [3.05, 3.63) is 53.1 Å². The lowest BCUT2D eigenvalue weighted by atomic mass is 9.98. The van der Waals surface area contributed by atoms with Crippen molar-refractivity contribution in [3.63, 3.8) is 0 Å². The summed E-state index contributed by atoms with van der Waals surface area (Å²) < 4.78 is 20.6. The summed E-state index contributed by atoms with van der Waals surface area (Å²) in [6.07, 6.45) is 5.46. The molecule has 0 saturated heterocycles. The van der Waals surface area contributed by atoms with Gasteiger partial charge >= 0.3 is 0 Å². The van der Waals surface area contributed by atoms with Crippen LogP contribution in [0.5, 0.6) is 0 Å². The quantitative estimate of drug-likeness (QED) is 0.726. The number of hydrogen-bond donors (Lipinski definition) is 0. The minimum atomic E-state index is -0.392.